The van der Waals surface area contributed by atoms with Gasteiger partial charge in [0.25, 0.3) is 0 Å². The molecule has 3 fully saturated rings. The fourth-order valence-corrected chi connectivity index (χ4v) is 4.41. The Bertz CT molecular complexity index is 588. The molecule has 0 aliphatic heterocycles. The average Bonchev–Trinajstić information content (AvgIpc) is 2.61. The maximum Gasteiger partial charge on any atom is 0.412 e. The molecule has 0 aromatic heterocycles. The first-order chi connectivity index (χ1) is 12.1. The lowest BCUT2D eigenvalue weighted by Crippen LogP contribution is -2.56. The quantitative estimate of drug-likeness (QED) is 0.783. The first kappa shape index (κ1) is 20.8. The van der Waals surface area contributed by atoms with Crippen molar-refractivity contribution in [1.82, 2.24) is 4.90 Å². The number of fused-ring (bicyclic) bond motifs is 3. The Morgan fingerprint density at radius 1 is 1.15 bits per heavy atom. The summed E-state index contributed by atoms with van der Waals surface area (Å²) in [7, 11) is 4.18. The maximum absolute atomic E-state index is 12.5. The number of nitrogens with zero attached hydrogens (tertiary/aromatic N) is 1. The Morgan fingerprint density at radius 3 is 2.46 bits per heavy atom. The van der Waals surface area contributed by atoms with Gasteiger partial charge < -0.3 is 14.4 Å². The zero-order valence-corrected chi connectivity index (χ0v) is 16.8. The first-order valence-corrected chi connectivity index (χ1v) is 9.46. The van der Waals surface area contributed by atoms with Crippen molar-refractivity contribution in [3.63, 3.8) is 0 Å². The minimum Gasteiger partial charge on any atom is -0.491 e. The van der Waals surface area contributed by atoms with Crippen molar-refractivity contribution in [3.05, 3.63) is 24.3 Å². The molecule has 1 amide bonds. The lowest BCUT2D eigenvalue weighted by atomic mass is 9.65. The van der Waals surface area contributed by atoms with E-state index in [9.17, 15) is 4.79 Å². The highest BCUT2D eigenvalue weighted by Crippen LogP contribution is 2.44. The van der Waals surface area contributed by atoms with Gasteiger partial charge >= 0.3 is 6.09 Å². The Kier molecular flexibility index (Phi) is 7.59. The summed E-state index contributed by atoms with van der Waals surface area (Å²) in [4.78, 5) is 14.8. The smallest absolute Gasteiger partial charge is 0.412 e. The maximum atomic E-state index is 12.5. The van der Waals surface area contributed by atoms with Crippen molar-refractivity contribution in [1.29, 1.82) is 0 Å². The fourth-order valence-electron chi connectivity index (χ4n) is 4.41. The fraction of sp³-hybridized carbons (Fsp3) is 0.650. The monoisotopic (exact) mass is 382 g/mol. The van der Waals surface area contributed by atoms with Crippen LogP contribution < -0.4 is 10.1 Å². The first-order valence-electron chi connectivity index (χ1n) is 9.46. The summed E-state index contributed by atoms with van der Waals surface area (Å²) in [5, 5.41) is 2.88. The number of hydrogen-bond donors (Lipinski definition) is 1. The van der Waals surface area contributed by atoms with Crippen molar-refractivity contribution in [2.75, 3.05) is 26.0 Å². The van der Waals surface area contributed by atoms with Crippen LogP contribution in [0.3, 0.4) is 0 Å². The number of ether oxygens (including phenoxy) is 2. The van der Waals surface area contributed by atoms with Gasteiger partial charge in [-0.1, -0.05) is 19.1 Å². The van der Waals surface area contributed by atoms with E-state index >= 15 is 0 Å². The van der Waals surface area contributed by atoms with Crippen LogP contribution in [0.4, 0.5) is 10.5 Å². The van der Waals surface area contributed by atoms with Crippen LogP contribution >= 0.6 is 12.4 Å². The van der Waals surface area contributed by atoms with Gasteiger partial charge in [0, 0.05) is 6.04 Å². The second kappa shape index (κ2) is 9.47. The normalized spacial score (nSPS) is 26.9. The number of carbonyl (C=O) groups is 1. The summed E-state index contributed by atoms with van der Waals surface area (Å²) in [6.45, 7) is 2.69. The lowest BCUT2D eigenvalue weighted by molar-refractivity contribution is -0.0703. The van der Waals surface area contributed by atoms with Crippen LogP contribution in [-0.2, 0) is 4.74 Å². The molecule has 4 rings (SSSR count). The summed E-state index contributed by atoms with van der Waals surface area (Å²) in [6, 6.07) is 7.84. The molecule has 1 aromatic carbocycles. The van der Waals surface area contributed by atoms with Crippen molar-refractivity contribution in [2.45, 2.75) is 51.2 Å². The molecule has 0 spiro atoms. The number of hydrogen-bond acceptors (Lipinski definition) is 4. The Hall–Kier alpha value is -1.46. The predicted octanol–water partition coefficient (Wildman–Crippen LogP) is 4.56. The van der Waals surface area contributed by atoms with Gasteiger partial charge in [-0.25, -0.2) is 4.79 Å². The van der Waals surface area contributed by atoms with Crippen molar-refractivity contribution >= 4 is 24.2 Å². The number of rotatable bonds is 6. The van der Waals surface area contributed by atoms with E-state index in [1.165, 1.54) is 25.7 Å². The number of nitrogens with one attached hydrogen (secondary N) is 1. The summed E-state index contributed by atoms with van der Waals surface area (Å²) >= 11 is 0. The van der Waals surface area contributed by atoms with Crippen molar-refractivity contribution in [3.8, 4) is 5.75 Å². The van der Waals surface area contributed by atoms with Crippen LogP contribution in [0.1, 0.15) is 39.0 Å². The molecule has 0 saturated heterocycles. The van der Waals surface area contributed by atoms with Gasteiger partial charge in [-0.3, -0.25) is 5.32 Å². The Balaban J connectivity index is 0.00000243. The topological polar surface area (TPSA) is 50.8 Å². The third-order valence-corrected chi connectivity index (χ3v) is 5.53. The van der Waals surface area contributed by atoms with Crippen LogP contribution in [-0.4, -0.2) is 43.8 Å². The van der Waals surface area contributed by atoms with Crippen LogP contribution in [0.15, 0.2) is 24.3 Å². The highest BCUT2D eigenvalue weighted by molar-refractivity contribution is 5.86. The third-order valence-electron chi connectivity index (χ3n) is 5.53. The summed E-state index contributed by atoms with van der Waals surface area (Å²) in [5.74, 6) is 1.81. The van der Waals surface area contributed by atoms with Gasteiger partial charge in [0.05, 0.1) is 12.3 Å². The Labute approximate surface area is 162 Å². The molecule has 0 heterocycles. The van der Waals surface area contributed by atoms with E-state index in [2.05, 4.69) is 31.2 Å². The molecular weight excluding hydrogens is 352 g/mol. The number of likely N-dealkylation sites (N-methyl/N-ethyl adjacent to an activating group) is 1. The van der Waals surface area contributed by atoms with Crippen LogP contribution in [0.25, 0.3) is 0 Å². The van der Waals surface area contributed by atoms with Gasteiger partial charge in [-0.15, -0.1) is 12.4 Å². The van der Waals surface area contributed by atoms with E-state index in [4.69, 9.17) is 9.47 Å². The van der Waals surface area contributed by atoms with Gasteiger partial charge in [0.1, 0.15) is 11.9 Å². The average molecular weight is 383 g/mol. The van der Waals surface area contributed by atoms with Gasteiger partial charge in [0.15, 0.2) is 0 Å². The third kappa shape index (κ3) is 4.63. The van der Waals surface area contributed by atoms with E-state index in [0.717, 1.165) is 6.42 Å². The highest BCUT2D eigenvalue weighted by Gasteiger charge is 2.46. The number of anilines is 1. The molecule has 3 aliphatic carbocycles. The van der Waals surface area contributed by atoms with E-state index in [1.54, 1.807) is 0 Å². The van der Waals surface area contributed by atoms with E-state index in [0.29, 0.717) is 35.9 Å². The minimum atomic E-state index is -0.378. The molecule has 1 aromatic rings. The lowest BCUT2D eigenvalue weighted by Gasteiger charge is -2.50. The molecule has 0 unspecified atom stereocenters. The van der Waals surface area contributed by atoms with Gasteiger partial charge in [-0.05, 0) is 70.2 Å². The highest BCUT2D eigenvalue weighted by atomic mass is 35.5. The summed E-state index contributed by atoms with van der Waals surface area (Å²) < 4.78 is 11.6. The zero-order chi connectivity index (χ0) is 17.8. The predicted molar refractivity (Wildman–Crippen MR) is 106 cm³/mol. The molecular formula is C20H31ClN2O3. The van der Waals surface area contributed by atoms with E-state index in [1.807, 2.05) is 24.3 Å². The molecule has 3 aliphatic rings. The minimum absolute atomic E-state index is 0. The summed E-state index contributed by atoms with van der Waals surface area (Å²) in [5.41, 5.74) is 0.670. The van der Waals surface area contributed by atoms with E-state index in [-0.39, 0.29) is 24.6 Å². The molecule has 0 radical (unpaired) electrons. The Morgan fingerprint density at radius 2 is 1.81 bits per heavy atom. The van der Waals surface area contributed by atoms with Crippen molar-refractivity contribution in [2.24, 2.45) is 11.8 Å². The van der Waals surface area contributed by atoms with Crippen LogP contribution in [0.2, 0.25) is 0 Å². The number of carbonyl (C=O) groups excluding carboxylic acids is 1. The standard InChI is InChI=1S/C20H30N2O3.ClH/c1-4-13-24-17-8-6-5-7-16(17)21-20(23)25-19-15-11-9-14(10-12-15)18(19)22(2)3;/h5-8,14-15,18-19H,4,9-13H2,1-3H3,(H,21,23);1H/t14?,15?,18-,19-;/m0./s1. The molecule has 26 heavy (non-hydrogen) atoms. The number of halogens is 1. The molecule has 6 heteroatoms. The second-order valence-electron chi connectivity index (χ2n) is 7.47. The number of benzene rings is 1. The van der Waals surface area contributed by atoms with Crippen molar-refractivity contribution < 1.29 is 14.3 Å². The number of para-hydroxylation sites is 2. The zero-order valence-electron chi connectivity index (χ0n) is 15.9. The molecule has 5 nitrogen and oxygen atoms in total. The van der Waals surface area contributed by atoms with Crippen LogP contribution in [0, 0.1) is 11.8 Å². The second-order valence-corrected chi connectivity index (χ2v) is 7.47. The van der Waals surface area contributed by atoms with Gasteiger partial charge in [0.2, 0.25) is 0 Å². The molecule has 1 N–H and O–H groups in total. The van der Waals surface area contributed by atoms with Crippen LogP contribution in [0.5, 0.6) is 5.75 Å². The summed E-state index contributed by atoms with van der Waals surface area (Å²) in [6.07, 6.45) is 5.37. The molecule has 2 atom stereocenters. The molecule has 146 valence electrons. The molecule has 2 bridgehead atoms. The number of amides is 1. The van der Waals surface area contributed by atoms with E-state index < -0.39 is 0 Å². The van der Waals surface area contributed by atoms with Gasteiger partial charge in [-0.2, -0.15) is 0 Å². The largest absolute Gasteiger partial charge is 0.491 e. The molecule has 3 saturated carbocycles. The SMILES string of the molecule is CCCOc1ccccc1NC(=O)O[C@H]1C2CCC(CC2)[C@@H]1N(C)C.Cl.